The van der Waals surface area contributed by atoms with E-state index in [1.165, 1.54) is 0 Å². The van der Waals surface area contributed by atoms with Crippen LogP contribution in [0.3, 0.4) is 0 Å². The molecule has 1 saturated heterocycles. The van der Waals surface area contributed by atoms with Gasteiger partial charge in [-0.3, -0.25) is 0 Å². The predicted molar refractivity (Wildman–Crippen MR) is 90.8 cm³/mol. The smallest absolute Gasteiger partial charge is 0.156 e. The minimum Gasteiger partial charge on any atom is -0.497 e. The van der Waals surface area contributed by atoms with Gasteiger partial charge in [0.25, 0.3) is 0 Å². The zero-order valence-corrected chi connectivity index (χ0v) is 15.1. The Hall–Kier alpha value is -1.43. The van der Waals surface area contributed by atoms with Crippen molar-refractivity contribution < 1.29 is 23.7 Å². The van der Waals surface area contributed by atoms with Gasteiger partial charge in [0, 0.05) is 11.8 Å². The summed E-state index contributed by atoms with van der Waals surface area (Å²) in [5, 5.41) is 0. The lowest BCUT2D eigenvalue weighted by Crippen LogP contribution is -2.49. The third kappa shape index (κ3) is 4.56. The van der Waals surface area contributed by atoms with E-state index in [9.17, 15) is 4.79 Å². The van der Waals surface area contributed by atoms with Gasteiger partial charge in [0.15, 0.2) is 6.29 Å². The van der Waals surface area contributed by atoms with E-state index in [1.54, 1.807) is 7.11 Å². The van der Waals surface area contributed by atoms with Gasteiger partial charge >= 0.3 is 0 Å². The Morgan fingerprint density at radius 3 is 2.42 bits per heavy atom. The minimum absolute atomic E-state index is 0.000682. The van der Waals surface area contributed by atoms with E-state index in [1.807, 2.05) is 45.0 Å². The second kappa shape index (κ2) is 8.60. The van der Waals surface area contributed by atoms with Crippen molar-refractivity contribution >= 4 is 6.29 Å². The lowest BCUT2D eigenvalue weighted by atomic mass is 9.86. The van der Waals surface area contributed by atoms with Crippen LogP contribution in [0, 0.1) is 11.8 Å². The maximum Gasteiger partial charge on any atom is 0.156 e. The Morgan fingerprint density at radius 1 is 1.17 bits per heavy atom. The molecular formula is C19H28O5. The molecule has 1 heterocycles. The molecule has 1 aliphatic rings. The normalized spacial score (nSPS) is 29.7. The second-order valence-electron chi connectivity index (χ2n) is 6.49. The highest BCUT2D eigenvalue weighted by atomic mass is 16.7. The van der Waals surface area contributed by atoms with Crippen LogP contribution in [0.5, 0.6) is 5.75 Å². The molecule has 1 aliphatic heterocycles. The molecule has 0 radical (unpaired) electrons. The van der Waals surface area contributed by atoms with Crippen molar-refractivity contribution in [3.63, 3.8) is 0 Å². The molecule has 1 fully saturated rings. The molecule has 2 rings (SSSR count). The van der Waals surface area contributed by atoms with Crippen LogP contribution in [0.2, 0.25) is 0 Å². The van der Waals surface area contributed by atoms with Crippen molar-refractivity contribution in [3.8, 4) is 5.75 Å². The highest BCUT2D eigenvalue weighted by molar-refractivity contribution is 5.56. The van der Waals surface area contributed by atoms with Crippen molar-refractivity contribution in [1.82, 2.24) is 0 Å². The van der Waals surface area contributed by atoms with Crippen LogP contribution in [-0.2, 0) is 25.6 Å². The summed E-state index contributed by atoms with van der Waals surface area (Å²) in [4.78, 5) is 11.2. The third-order valence-corrected chi connectivity index (χ3v) is 4.80. The molecule has 0 amide bonds. The van der Waals surface area contributed by atoms with E-state index in [-0.39, 0.29) is 30.3 Å². The number of rotatable bonds is 7. The first-order valence-electron chi connectivity index (χ1n) is 8.47. The average molecular weight is 336 g/mol. The van der Waals surface area contributed by atoms with Crippen LogP contribution in [-0.4, -0.2) is 38.0 Å². The average Bonchev–Trinajstić information content (AvgIpc) is 2.61. The van der Waals surface area contributed by atoms with Crippen LogP contribution >= 0.6 is 0 Å². The molecule has 5 heteroatoms. The van der Waals surface area contributed by atoms with Gasteiger partial charge in [0.05, 0.1) is 25.9 Å². The Bertz CT molecular complexity index is 515. The van der Waals surface area contributed by atoms with Gasteiger partial charge in [-0.15, -0.1) is 0 Å². The number of aldehydes is 1. The lowest BCUT2D eigenvalue weighted by molar-refractivity contribution is -0.265. The van der Waals surface area contributed by atoms with Gasteiger partial charge in [0.2, 0.25) is 0 Å². The molecule has 1 unspecified atom stereocenters. The van der Waals surface area contributed by atoms with Gasteiger partial charge < -0.3 is 23.7 Å². The molecular weight excluding hydrogens is 308 g/mol. The summed E-state index contributed by atoms with van der Waals surface area (Å²) in [6, 6.07) is 7.84. The number of hydrogen-bond acceptors (Lipinski definition) is 5. The molecule has 0 aromatic heterocycles. The highest BCUT2D eigenvalue weighted by Crippen LogP contribution is 2.31. The van der Waals surface area contributed by atoms with Crippen LogP contribution < -0.4 is 4.74 Å². The molecule has 6 atom stereocenters. The number of carbonyl (C=O) groups is 1. The zero-order chi connectivity index (χ0) is 17.7. The number of ether oxygens (including phenoxy) is 4. The highest BCUT2D eigenvalue weighted by Gasteiger charge is 2.39. The summed E-state index contributed by atoms with van der Waals surface area (Å²) in [7, 11) is 1.65. The largest absolute Gasteiger partial charge is 0.497 e. The van der Waals surface area contributed by atoms with Crippen LogP contribution in [0.15, 0.2) is 24.3 Å². The molecule has 0 saturated carbocycles. The van der Waals surface area contributed by atoms with E-state index in [2.05, 4.69) is 6.92 Å². The molecule has 1 aromatic rings. The van der Waals surface area contributed by atoms with Gasteiger partial charge in [-0.05, 0) is 31.5 Å². The van der Waals surface area contributed by atoms with E-state index in [0.29, 0.717) is 6.61 Å². The van der Waals surface area contributed by atoms with Crippen molar-refractivity contribution in [3.05, 3.63) is 29.8 Å². The fraction of sp³-hybridized carbons (Fsp3) is 0.632. The molecule has 24 heavy (non-hydrogen) atoms. The predicted octanol–water partition coefficient (Wildman–Crippen LogP) is 3.20. The summed E-state index contributed by atoms with van der Waals surface area (Å²) in [5.74, 6) is 0.978. The van der Waals surface area contributed by atoms with E-state index in [0.717, 1.165) is 17.6 Å². The first-order valence-corrected chi connectivity index (χ1v) is 8.47. The van der Waals surface area contributed by atoms with Crippen molar-refractivity contribution in [2.45, 2.75) is 58.9 Å². The van der Waals surface area contributed by atoms with Crippen LogP contribution in [0.1, 0.15) is 33.3 Å². The zero-order valence-electron chi connectivity index (χ0n) is 15.1. The minimum atomic E-state index is -0.421. The van der Waals surface area contributed by atoms with Gasteiger partial charge in [0.1, 0.15) is 18.1 Å². The molecule has 0 aliphatic carbocycles. The molecule has 0 bridgehead atoms. The topological polar surface area (TPSA) is 54.0 Å². The van der Waals surface area contributed by atoms with Crippen molar-refractivity contribution in [1.29, 1.82) is 0 Å². The Balaban J connectivity index is 1.92. The number of carbonyl (C=O) groups excluding carboxylic acids is 1. The second-order valence-corrected chi connectivity index (χ2v) is 6.49. The Labute approximate surface area is 144 Å². The fourth-order valence-corrected chi connectivity index (χ4v) is 3.04. The van der Waals surface area contributed by atoms with Gasteiger partial charge in [-0.1, -0.05) is 26.0 Å². The summed E-state index contributed by atoms with van der Waals surface area (Å²) >= 11 is 0. The summed E-state index contributed by atoms with van der Waals surface area (Å²) in [5.41, 5.74) is 1.09. The van der Waals surface area contributed by atoms with Gasteiger partial charge in [-0.25, -0.2) is 0 Å². The number of hydrogen-bond donors (Lipinski definition) is 0. The Kier molecular flexibility index (Phi) is 6.78. The van der Waals surface area contributed by atoms with Crippen molar-refractivity contribution in [2.75, 3.05) is 7.11 Å². The van der Waals surface area contributed by atoms with Crippen molar-refractivity contribution in [2.24, 2.45) is 11.8 Å². The van der Waals surface area contributed by atoms with Gasteiger partial charge in [-0.2, -0.15) is 0 Å². The molecule has 0 N–H and O–H groups in total. The molecule has 0 spiro atoms. The monoisotopic (exact) mass is 336 g/mol. The maximum atomic E-state index is 11.2. The Morgan fingerprint density at radius 2 is 1.83 bits per heavy atom. The first kappa shape index (κ1) is 18.9. The third-order valence-electron chi connectivity index (χ3n) is 4.80. The number of benzene rings is 1. The van der Waals surface area contributed by atoms with E-state index < -0.39 is 6.10 Å². The lowest BCUT2D eigenvalue weighted by Gasteiger charge is -2.41. The maximum absolute atomic E-state index is 11.2. The molecule has 134 valence electrons. The summed E-state index contributed by atoms with van der Waals surface area (Å²) in [6.07, 6.45) is -0.00803. The first-order chi connectivity index (χ1) is 11.5. The van der Waals surface area contributed by atoms with E-state index in [4.69, 9.17) is 18.9 Å². The SMILES string of the molecule is COc1ccc(CO[C@H](C)[C@H](C)[C@@H]2OC(C)O[C@@H](C=O)[C@@H]2C)cc1. The number of methoxy groups -OCH3 is 1. The van der Waals surface area contributed by atoms with E-state index >= 15 is 0 Å². The molecule has 5 nitrogen and oxygen atoms in total. The standard InChI is InChI=1S/C19H28O5/c1-12(19-13(2)18(10-20)23-15(4)24-19)14(3)22-11-16-6-8-17(21-5)9-7-16/h6-10,12-15,18-19H,11H2,1-5H3/t12-,13-,14+,15?,18-,19-/m0/s1. The quantitative estimate of drug-likeness (QED) is 0.716. The fourth-order valence-electron chi connectivity index (χ4n) is 3.04. The summed E-state index contributed by atoms with van der Waals surface area (Å²) in [6.45, 7) is 8.48. The summed E-state index contributed by atoms with van der Waals surface area (Å²) < 4.78 is 22.6. The van der Waals surface area contributed by atoms with Crippen LogP contribution in [0.4, 0.5) is 0 Å². The van der Waals surface area contributed by atoms with Crippen LogP contribution in [0.25, 0.3) is 0 Å². The molecule has 1 aromatic carbocycles.